The molecule has 0 atom stereocenters. The number of aromatic nitrogens is 3. The number of nitrogens with one attached hydrogen (secondary N) is 3. The third-order valence-corrected chi connectivity index (χ3v) is 5.29. The Balaban J connectivity index is 1.42. The number of pyridine rings is 1. The number of hydrogen-bond donors (Lipinski definition) is 4. The van der Waals surface area contributed by atoms with Crippen LogP contribution in [0.1, 0.15) is 40.1 Å². The van der Waals surface area contributed by atoms with Crippen molar-refractivity contribution in [3.63, 3.8) is 0 Å². The van der Waals surface area contributed by atoms with Gasteiger partial charge in [0.05, 0.1) is 16.6 Å². The van der Waals surface area contributed by atoms with E-state index < -0.39 is 5.91 Å². The summed E-state index contributed by atoms with van der Waals surface area (Å²) in [6, 6.07) is 16.3. The Morgan fingerprint density at radius 1 is 0.971 bits per heavy atom. The van der Waals surface area contributed by atoms with Crippen LogP contribution in [0.15, 0.2) is 67.1 Å². The van der Waals surface area contributed by atoms with Crippen LogP contribution >= 0.6 is 0 Å². The Morgan fingerprint density at radius 3 is 2.54 bits per heavy atom. The number of carbonyl (C=O) groups is 2. The maximum atomic E-state index is 12.7. The van der Waals surface area contributed by atoms with Crippen LogP contribution in [0.5, 0.6) is 0 Å². The summed E-state index contributed by atoms with van der Waals surface area (Å²) in [7, 11) is 0. The van der Waals surface area contributed by atoms with Crippen molar-refractivity contribution in [1.82, 2.24) is 15.0 Å². The van der Waals surface area contributed by atoms with E-state index >= 15 is 0 Å². The van der Waals surface area contributed by atoms with Gasteiger partial charge in [-0.25, -0.2) is 15.0 Å². The summed E-state index contributed by atoms with van der Waals surface area (Å²) in [5.41, 5.74) is 8.38. The number of primary amides is 1. The minimum Gasteiger partial charge on any atom is -0.370 e. The number of fused-ring (bicyclic) bond motifs is 1. The molecule has 0 bridgehead atoms. The second-order valence-corrected chi connectivity index (χ2v) is 8.50. The molecule has 4 rings (SSSR count). The maximum absolute atomic E-state index is 12.7. The first-order valence-corrected chi connectivity index (χ1v) is 11.3. The first kappa shape index (κ1) is 23.6. The number of carbonyl (C=O) groups excluding carboxylic acids is 2. The molecule has 2 aromatic heterocycles. The fourth-order valence-corrected chi connectivity index (χ4v) is 3.52. The second kappa shape index (κ2) is 10.6. The minimum absolute atomic E-state index is 0.237. The first-order valence-electron chi connectivity index (χ1n) is 11.3. The summed E-state index contributed by atoms with van der Waals surface area (Å²) in [5.74, 6) is 1.05. The monoisotopic (exact) mass is 469 g/mol. The number of anilines is 3. The van der Waals surface area contributed by atoms with E-state index in [9.17, 15) is 9.59 Å². The fraction of sp³-hybridized carbons (Fsp3) is 0.192. The SMILES string of the molecule is CC(C)CNc1ccc(C(=O)Nc2cccc(CNc3ncnc4c(C(N)=O)cccc34)c2)cn1. The zero-order valence-electron chi connectivity index (χ0n) is 19.6. The van der Waals surface area contributed by atoms with Crippen molar-refractivity contribution in [1.29, 1.82) is 0 Å². The van der Waals surface area contributed by atoms with Crippen molar-refractivity contribution < 1.29 is 9.59 Å². The van der Waals surface area contributed by atoms with Crippen molar-refractivity contribution >= 4 is 40.0 Å². The topological polar surface area (TPSA) is 135 Å². The lowest BCUT2D eigenvalue weighted by atomic mass is 10.1. The van der Waals surface area contributed by atoms with Crippen LogP contribution in [-0.2, 0) is 6.54 Å². The van der Waals surface area contributed by atoms with Crippen LogP contribution < -0.4 is 21.7 Å². The van der Waals surface area contributed by atoms with Crippen molar-refractivity contribution in [3.05, 3.63) is 83.8 Å². The molecular weight excluding hydrogens is 442 g/mol. The van der Waals surface area contributed by atoms with Crippen LogP contribution in [-0.4, -0.2) is 33.3 Å². The van der Waals surface area contributed by atoms with Crippen LogP contribution in [0.2, 0.25) is 0 Å². The van der Waals surface area contributed by atoms with Gasteiger partial charge >= 0.3 is 0 Å². The molecule has 0 fully saturated rings. The van der Waals surface area contributed by atoms with Crippen molar-refractivity contribution in [2.45, 2.75) is 20.4 Å². The van der Waals surface area contributed by atoms with Gasteiger partial charge in [-0.05, 0) is 47.9 Å². The summed E-state index contributed by atoms with van der Waals surface area (Å²) in [6.45, 7) is 5.51. The molecule has 35 heavy (non-hydrogen) atoms. The molecule has 0 saturated heterocycles. The molecule has 4 aromatic rings. The average molecular weight is 470 g/mol. The Hall–Kier alpha value is -4.53. The van der Waals surface area contributed by atoms with Crippen LogP contribution in [0.25, 0.3) is 10.9 Å². The van der Waals surface area contributed by atoms with Gasteiger partial charge in [0.25, 0.3) is 11.8 Å². The Labute approximate surface area is 203 Å². The molecular formula is C26H27N7O2. The van der Waals surface area contributed by atoms with Gasteiger partial charge in [-0.1, -0.05) is 32.0 Å². The molecule has 5 N–H and O–H groups in total. The van der Waals surface area contributed by atoms with Gasteiger partial charge < -0.3 is 21.7 Å². The van der Waals surface area contributed by atoms with Gasteiger partial charge in [0.1, 0.15) is 18.0 Å². The zero-order valence-corrected chi connectivity index (χ0v) is 19.6. The molecule has 0 unspecified atom stereocenters. The number of nitrogens with zero attached hydrogens (tertiary/aromatic N) is 3. The van der Waals surface area contributed by atoms with Gasteiger partial charge in [-0.2, -0.15) is 0 Å². The molecule has 0 saturated carbocycles. The van der Waals surface area contributed by atoms with Crippen molar-refractivity contribution in [2.24, 2.45) is 11.7 Å². The lowest BCUT2D eigenvalue weighted by Gasteiger charge is -2.11. The predicted octanol–water partition coefficient (Wildman–Crippen LogP) is 4.06. The summed E-state index contributed by atoms with van der Waals surface area (Å²) in [6.07, 6.45) is 2.95. The molecule has 2 aromatic carbocycles. The van der Waals surface area contributed by atoms with Crippen LogP contribution in [0, 0.1) is 5.92 Å². The van der Waals surface area contributed by atoms with E-state index in [1.54, 1.807) is 30.5 Å². The van der Waals surface area contributed by atoms with Crippen molar-refractivity contribution in [3.8, 4) is 0 Å². The standard InChI is InChI=1S/C26H27N7O2/c1-16(2)12-28-22-10-9-18(14-29-22)26(35)33-19-6-3-5-17(11-19)13-30-25-21-8-4-7-20(24(27)34)23(21)31-15-32-25/h3-11,14-16H,12-13H2,1-2H3,(H2,27,34)(H,28,29)(H,33,35)(H,30,31,32). The van der Waals surface area contributed by atoms with Gasteiger partial charge in [0, 0.05) is 30.4 Å². The summed E-state index contributed by atoms with van der Waals surface area (Å²) >= 11 is 0. The minimum atomic E-state index is -0.541. The lowest BCUT2D eigenvalue weighted by Crippen LogP contribution is -2.14. The number of para-hydroxylation sites is 1. The number of hydrogen-bond acceptors (Lipinski definition) is 7. The number of benzene rings is 2. The highest BCUT2D eigenvalue weighted by Crippen LogP contribution is 2.23. The first-order chi connectivity index (χ1) is 16.9. The van der Waals surface area contributed by atoms with E-state index in [1.165, 1.54) is 6.33 Å². The molecule has 0 aliphatic carbocycles. The summed E-state index contributed by atoms with van der Waals surface area (Å²) in [4.78, 5) is 37.2. The highest BCUT2D eigenvalue weighted by Gasteiger charge is 2.11. The predicted molar refractivity (Wildman–Crippen MR) is 137 cm³/mol. The molecule has 0 radical (unpaired) electrons. The normalized spacial score (nSPS) is 10.8. The molecule has 0 spiro atoms. The van der Waals surface area contributed by atoms with E-state index in [1.807, 2.05) is 30.3 Å². The van der Waals surface area contributed by atoms with Gasteiger partial charge in [0.2, 0.25) is 0 Å². The zero-order chi connectivity index (χ0) is 24.8. The van der Waals surface area contributed by atoms with Gasteiger partial charge in [0.15, 0.2) is 0 Å². The molecule has 0 aliphatic rings. The van der Waals surface area contributed by atoms with Crippen LogP contribution in [0.4, 0.5) is 17.3 Å². The molecule has 0 aliphatic heterocycles. The second-order valence-electron chi connectivity index (χ2n) is 8.50. The smallest absolute Gasteiger partial charge is 0.257 e. The third kappa shape index (κ3) is 5.89. The number of nitrogens with two attached hydrogens (primary N) is 1. The third-order valence-electron chi connectivity index (χ3n) is 5.29. The Bertz CT molecular complexity index is 1350. The quantitative estimate of drug-likeness (QED) is 0.290. The largest absolute Gasteiger partial charge is 0.370 e. The van der Waals surface area contributed by atoms with E-state index in [2.05, 4.69) is 44.7 Å². The van der Waals surface area contributed by atoms with E-state index in [0.717, 1.165) is 17.9 Å². The van der Waals surface area contributed by atoms with E-state index in [0.29, 0.717) is 46.0 Å². The number of rotatable bonds is 9. The molecule has 9 nitrogen and oxygen atoms in total. The molecule has 2 amide bonds. The Kier molecular flexibility index (Phi) is 7.15. The highest BCUT2D eigenvalue weighted by atomic mass is 16.2. The molecule has 9 heteroatoms. The average Bonchev–Trinajstić information content (AvgIpc) is 2.86. The van der Waals surface area contributed by atoms with E-state index in [-0.39, 0.29) is 5.91 Å². The molecule has 2 heterocycles. The van der Waals surface area contributed by atoms with Crippen LogP contribution in [0.3, 0.4) is 0 Å². The van der Waals surface area contributed by atoms with Crippen molar-refractivity contribution in [2.75, 3.05) is 22.5 Å². The molecule has 178 valence electrons. The van der Waals surface area contributed by atoms with Gasteiger partial charge in [-0.3, -0.25) is 9.59 Å². The summed E-state index contributed by atoms with van der Waals surface area (Å²) in [5, 5.41) is 10.1. The lowest BCUT2D eigenvalue weighted by molar-refractivity contribution is 0.0998. The maximum Gasteiger partial charge on any atom is 0.257 e. The Morgan fingerprint density at radius 2 is 1.80 bits per heavy atom. The van der Waals surface area contributed by atoms with Gasteiger partial charge in [-0.15, -0.1) is 0 Å². The highest BCUT2D eigenvalue weighted by molar-refractivity contribution is 6.07. The van der Waals surface area contributed by atoms with E-state index in [4.69, 9.17) is 5.73 Å². The summed E-state index contributed by atoms with van der Waals surface area (Å²) < 4.78 is 0. The fourth-order valence-electron chi connectivity index (χ4n) is 3.52. The number of amides is 2.